The molecular formula is C19H18N4O4S. The van der Waals surface area contributed by atoms with E-state index in [0.717, 1.165) is 28.5 Å². The third kappa shape index (κ3) is 3.89. The van der Waals surface area contributed by atoms with Crippen molar-refractivity contribution in [2.45, 2.75) is 30.8 Å². The highest BCUT2D eigenvalue weighted by Crippen LogP contribution is 2.34. The lowest BCUT2D eigenvalue weighted by Crippen LogP contribution is -2.11. The summed E-state index contributed by atoms with van der Waals surface area (Å²) in [4.78, 5) is 24.0. The third-order valence-electron chi connectivity index (χ3n) is 4.33. The first kappa shape index (κ1) is 19.6. The topological polar surface area (TPSA) is 100 Å². The molecule has 0 atom stereocenters. The highest BCUT2D eigenvalue weighted by molar-refractivity contribution is 7.99. The SMILES string of the molecule is Cc1ccc(C)c(OC(=O)c2ccc(Sc3nncn3C)c([N+](=O)[O-])c2)c1C. The largest absolute Gasteiger partial charge is 0.422 e. The number of nitro groups is 1. The van der Waals surface area contributed by atoms with Crippen molar-refractivity contribution in [2.24, 2.45) is 7.05 Å². The summed E-state index contributed by atoms with van der Waals surface area (Å²) in [7, 11) is 1.74. The third-order valence-corrected chi connectivity index (χ3v) is 5.45. The predicted molar refractivity (Wildman–Crippen MR) is 104 cm³/mol. The Bertz CT molecular complexity index is 1080. The van der Waals surface area contributed by atoms with E-state index in [4.69, 9.17) is 4.74 Å². The van der Waals surface area contributed by atoms with E-state index in [-0.39, 0.29) is 11.3 Å². The number of ether oxygens (including phenoxy) is 1. The molecule has 0 fully saturated rings. The maximum absolute atomic E-state index is 12.6. The Kier molecular flexibility index (Phi) is 5.46. The number of nitro benzene ring substituents is 1. The molecule has 3 aromatic rings. The molecule has 0 saturated carbocycles. The van der Waals surface area contributed by atoms with Crippen molar-refractivity contribution in [1.82, 2.24) is 14.8 Å². The predicted octanol–water partition coefficient (Wildman–Crippen LogP) is 4.02. The zero-order chi connectivity index (χ0) is 20.4. The second-order valence-corrected chi connectivity index (χ2v) is 7.32. The van der Waals surface area contributed by atoms with Gasteiger partial charge in [0.25, 0.3) is 5.69 Å². The van der Waals surface area contributed by atoms with Crippen LogP contribution in [0.4, 0.5) is 5.69 Å². The molecule has 0 unspecified atom stereocenters. The van der Waals surface area contributed by atoms with Crippen LogP contribution in [0.15, 0.2) is 46.7 Å². The van der Waals surface area contributed by atoms with E-state index < -0.39 is 10.9 Å². The van der Waals surface area contributed by atoms with Crippen LogP contribution >= 0.6 is 11.8 Å². The molecule has 0 saturated heterocycles. The number of rotatable bonds is 5. The first-order valence-corrected chi connectivity index (χ1v) is 9.19. The van der Waals surface area contributed by atoms with E-state index in [9.17, 15) is 14.9 Å². The molecule has 28 heavy (non-hydrogen) atoms. The van der Waals surface area contributed by atoms with Gasteiger partial charge in [0, 0.05) is 13.1 Å². The molecule has 0 amide bonds. The van der Waals surface area contributed by atoms with E-state index in [2.05, 4.69) is 10.2 Å². The minimum absolute atomic E-state index is 0.106. The zero-order valence-corrected chi connectivity index (χ0v) is 16.6. The summed E-state index contributed by atoms with van der Waals surface area (Å²) in [5.41, 5.74) is 2.59. The summed E-state index contributed by atoms with van der Waals surface area (Å²) in [6, 6.07) is 8.07. The number of carbonyl (C=O) groups excluding carboxylic acids is 1. The van der Waals surface area contributed by atoms with Gasteiger partial charge in [-0.2, -0.15) is 0 Å². The van der Waals surface area contributed by atoms with Crippen LogP contribution in [-0.2, 0) is 7.05 Å². The summed E-state index contributed by atoms with van der Waals surface area (Å²) in [6.45, 7) is 5.64. The average Bonchev–Trinajstić information content (AvgIpc) is 3.06. The Morgan fingerprint density at radius 3 is 2.54 bits per heavy atom. The lowest BCUT2D eigenvalue weighted by molar-refractivity contribution is -0.387. The molecular weight excluding hydrogens is 380 g/mol. The minimum atomic E-state index is -0.643. The van der Waals surface area contributed by atoms with Crippen LogP contribution in [0, 0.1) is 30.9 Å². The van der Waals surface area contributed by atoms with Crippen LogP contribution in [-0.4, -0.2) is 25.7 Å². The van der Waals surface area contributed by atoms with Crippen molar-refractivity contribution in [3.8, 4) is 5.75 Å². The zero-order valence-electron chi connectivity index (χ0n) is 15.8. The van der Waals surface area contributed by atoms with Crippen LogP contribution < -0.4 is 4.74 Å². The fraction of sp³-hybridized carbons (Fsp3) is 0.211. The number of aryl methyl sites for hydroxylation is 3. The standard InChI is InChI=1S/C19H18N4O4S/c1-11-5-6-12(2)17(13(11)3)27-18(24)14-7-8-16(15(9-14)23(25)26)28-19-21-20-10-22(19)4/h5-10H,1-4H3. The summed E-state index contributed by atoms with van der Waals surface area (Å²) < 4.78 is 7.20. The molecule has 9 heteroatoms. The van der Waals surface area contributed by atoms with Crippen LogP contribution in [0.25, 0.3) is 0 Å². The van der Waals surface area contributed by atoms with E-state index in [1.165, 1.54) is 24.5 Å². The Morgan fingerprint density at radius 2 is 1.89 bits per heavy atom. The number of carbonyl (C=O) groups is 1. The number of aromatic nitrogens is 3. The number of esters is 1. The fourth-order valence-electron chi connectivity index (χ4n) is 2.57. The van der Waals surface area contributed by atoms with Crippen molar-refractivity contribution in [3.63, 3.8) is 0 Å². The lowest BCUT2D eigenvalue weighted by Gasteiger charge is -2.12. The molecule has 144 valence electrons. The van der Waals surface area contributed by atoms with Gasteiger partial charge < -0.3 is 9.30 Å². The average molecular weight is 398 g/mol. The van der Waals surface area contributed by atoms with Crippen molar-refractivity contribution < 1.29 is 14.5 Å². The van der Waals surface area contributed by atoms with Gasteiger partial charge in [-0.3, -0.25) is 10.1 Å². The second kappa shape index (κ2) is 7.81. The van der Waals surface area contributed by atoms with Crippen molar-refractivity contribution in [2.75, 3.05) is 0 Å². The summed E-state index contributed by atoms with van der Waals surface area (Å²) in [6.07, 6.45) is 1.51. The molecule has 0 aliphatic rings. The Morgan fingerprint density at radius 1 is 1.18 bits per heavy atom. The number of hydrogen-bond donors (Lipinski definition) is 0. The smallest absolute Gasteiger partial charge is 0.343 e. The van der Waals surface area contributed by atoms with Gasteiger partial charge in [0.2, 0.25) is 0 Å². The monoisotopic (exact) mass is 398 g/mol. The van der Waals surface area contributed by atoms with E-state index in [1.807, 2.05) is 32.9 Å². The van der Waals surface area contributed by atoms with Crippen LogP contribution in [0.2, 0.25) is 0 Å². The normalized spacial score (nSPS) is 10.7. The van der Waals surface area contributed by atoms with Gasteiger partial charge in [-0.1, -0.05) is 12.1 Å². The summed E-state index contributed by atoms with van der Waals surface area (Å²) in [5, 5.41) is 19.7. The number of nitrogens with zero attached hydrogens (tertiary/aromatic N) is 4. The van der Waals surface area contributed by atoms with Gasteiger partial charge in [-0.25, -0.2) is 4.79 Å². The van der Waals surface area contributed by atoms with E-state index in [0.29, 0.717) is 15.8 Å². The minimum Gasteiger partial charge on any atom is -0.422 e. The van der Waals surface area contributed by atoms with E-state index in [1.54, 1.807) is 11.6 Å². The van der Waals surface area contributed by atoms with Crippen molar-refractivity contribution in [3.05, 3.63) is 69.0 Å². The van der Waals surface area contributed by atoms with Gasteiger partial charge >= 0.3 is 5.97 Å². The Labute approximate surface area is 165 Å². The quantitative estimate of drug-likeness (QED) is 0.277. The number of benzene rings is 2. The molecule has 1 aromatic heterocycles. The molecule has 2 aromatic carbocycles. The lowest BCUT2D eigenvalue weighted by atomic mass is 10.1. The van der Waals surface area contributed by atoms with Gasteiger partial charge in [0.1, 0.15) is 12.1 Å². The fourth-order valence-corrected chi connectivity index (χ4v) is 3.42. The first-order chi connectivity index (χ1) is 13.3. The van der Waals surface area contributed by atoms with Crippen LogP contribution in [0.5, 0.6) is 5.75 Å². The number of hydrogen-bond acceptors (Lipinski definition) is 7. The molecule has 8 nitrogen and oxygen atoms in total. The van der Waals surface area contributed by atoms with Gasteiger partial charge in [-0.05, 0) is 61.4 Å². The van der Waals surface area contributed by atoms with Gasteiger partial charge in [-0.15, -0.1) is 10.2 Å². The molecule has 3 rings (SSSR count). The van der Waals surface area contributed by atoms with Gasteiger partial charge in [0.05, 0.1) is 15.4 Å². The van der Waals surface area contributed by atoms with Crippen LogP contribution in [0.1, 0.15) is 27.0 Å². The highest BCUT2D eigenvalue weighted by atomic mass is 32.2. The van der Waals surface area contributed by atoms with E-state index >= 15 is 0 Å². The first-order valence-electron chi connectivity index (χ1n) is 8.37. The maximum Gasteiger partial charge on any atom is 0.343 e. The van der Waals surface area contributed by atoms with Gasteiger partial charge in [0.15, 0.2) is 5.16 Å². The van der Waals surface area contributed by atoms with Crippen molar-refractivity contribution in [1.29, 1.82) is 0 Å². The molecule has 0 aliphatic carbocycles. The molecule has 0 aliphatic heterocycles. The molecule has 0 radical (unpaired) electrons. The second-order valence-electron chi connectivity index (χ2n) is 6.31. The summed E-state index contributed by atoms with van der Waals surface area (Å²) in [5.74, 6) is -0.166. The molecule has 0 bridgehead atoms. The Hall–Kier alpha value is -3.20. The maximum atomic E-state index is 12.6. The van der Waals surface area contributed by atoms with Crippen molar-refractivity contribution >= 4 is 23.4 Å². The Balaban J connectivity index is 1.92. The molecule has 1 heterocycles. The molecule has 0 spiro atoms. The summed E-state index contributed by atoms with van der Waals surface area (Å²) >= 11 is 1.10. The molecule has 0 N–H and O–H groups in total. The highest BCUT2D eigenvalue weighted by Gasteiger charge is 2.21. The van der Waals surface area contributed by atoms with Crippen LogP contribution in [0.3, 0.4) is 0 Å².